The van der Waals surface area contributed by atoms with Crippen LogP contribution in [-0.2, 0) is 6.54 Å². The van der Waals surface area contributed by atoms with Crippen LogP contribution in [0.4, 0.5) is 5.69 Å². The summed E-state index contributed by atoms with van der Waals surface area (Å²) in [5, 5.41) is 3.33. The average molecular weight is 281 g/mol. The Labute approximate surface area is 123 Å². The zero-order valence-electron chi connectivity index (χ0n) is 11.7. The van der Waals surface area contributed by atoms with E-state index in [0.29, 0.717) is 23.8 Å². The predicted octanol–water partition coefficient (Wildman–Crippen LogP) is 3.02. The highest BCUT2D eigenvalue weighted by molar-refractivity contribution is 5.56. The fourth-order valence-corrected chi connectivity index (χ4v) is 2.21. The van der Waals surface area contributed by atoms with Gasteiger partial charge in [0.1, 0.15) is 0 Å². The first-order chi connectivity index (χ1) is 10.3. The summed E-state index contributed by atoms with van der Waals surface area (Å²) in [6.45, 7) is 0.869. The quantitative estimate of drug-likeness (QED) is 0.874. The van der Waals surface area contributed by atoms with Crippen molar-refractivity contribution in [3.8, 4) is 29.6 Å². The van der Waals surface area contributed by atoms with Crippen molar-refractivity contribution in [3.05, 3.63) is 47.5 Å². The van der Waals surface area contributed by atoms with Crippen LogP contribution in [0, 0.1) is 12.3 Å². The van der Waals surface area contributed by atoms with Crippen molar-refractivity contribution in [2.45, 2.75) is 6.54 Å². The van der Waals surface area contributed by atoms with Gasteiger partial charge in [-0.3, -0.25) is 0 Å². The van der Waals surface area contributed by atoms with Crippen LogP contribution in [-0.4, -0.2) is 13.9 Å². The summed E-state index contributed by atoms with van der Waals surface area (Å²) in [4.78, 5) is 0. The summed E-state index contributed by atoms with van der Waals surface area (Å²) < 4.78 is 16.1. The topological polar surface area (TPSA) is 39.7 Å². The Morgan fingerprint density at radius 3 is 3.00 bits per heavy atom. The maximum atomic E-state index is 5.41. The molecule has 0 saturated heterocycles. The molecule has 2 aromatic carbocycles. The zero-order valence-corrected chi connectivity index (χ0v) is 11.7. The molecule has 0 amide bonds. The monoisotopic (exact) mass is 281 g/mol. The molecular formula is C17H15NO3. The summed E-state index contributed by atoms with van der Waals surface area (Å²) in [6, 6.07) is 11.6. The number of benzene rings is 2. The summed E-state index contributed by atoms with van der Waals surface area (Å²) in [5.74, 6) is 4.68. The lowest BCUT2D eigenvalue weighted by molar-refractivity contribution is 0.171. The third kappa shape index (κ3) is 2.72. The van der Waals surface area contributed by atoms with E-state index in [1.165, 1.54) is 0 Å². The molecule has 0 aliphatic carbocycles. The third-order valence-corrected chi connectivity index (χ3v) is 3.24. The molecule has 106 valence electrons. The third-order valence-electron chi connectivity index (χ3n) is 3.24. The normalized spacial score (nSPS) is 11.8. The molecule has 0 unspecified atom stereocenters. The van der Waals surface area contributed by atoms with Crippen molar-refractivity contribution in [1.82, 2.24) is 0 Å². The summed E-state index contributed by atoms with van der Waals surface area (Å²) in [7, 11) is 1.62. The van der Waals surface area contributed by atoms with Gasteiger partial charge in [-0.1, -0.05) is 12.0 Å². The zero-order chi connectivity index (χ0) is 14.7. The number of methoxy groups -OCH3 is 1. The van der Waals surface area contributed by atoms with Gasteiger partial charge in [-0.2, -0.15) is 0 Å². The molecule has 0 spiro atoms. The number of terminal acetylenes is 1. The molecule has 0 aromatic heterocycles. The highest BCUT2D eigenvalue weighted by Gasteiger charge is 2.19. The van der Waals surface area contributed by atoms with Gasteiger partial charge in [0.05, 0.1) is 7.11 Å². The van der Waals surface area contributed by atoms with Gasteiger partial charge >= 0.3 is 0 Å². The maximum absolute atomic E-state index is 5.41. The van der Waals surface area contributed by atoms with Crippen LogP contribution < -0.4 is 19.5 Å². The van der Waals surface area contributed by atoms with Crippen molar-refractivity contribution in [2.75, 3.05) is 19.2 Å². The molecule has 4 heteroatoms. The van der Waals surface area contributed by atoms with E-state index in [2.05, 4.69) is 11.2 Å². The van der Waals surface area contributed by atoms with E-state index < -0.39 is 0 Å². The smallest absolute Gasteiger partial charge is 0.231 e. The molecule has 21 heavy (non-hydrogen) atoms. The molecular weight excluding hydrogens is 266 g/mol. The lowest BCUT2D eigenvalue weighted by Crippen LogP contribution is -2.00. The van der Waals surface area contributed by atoms with E-state index in [0.717, 1.165) is 16.8 Å². The van der Waals surface area contributed by atoms with Crippen LogP contribution in [0.1, 0.15) is 11.1 Å². The van der Waals surface area contributed by atoms with Gasteiger partial charge in [0, 0.05) is 17.8 Å². The molecule has 0 saturated carbocycles. The second-order valence-electron chi connectivity index (χ2n) is 4.61. The lowest BCUT2D eigenvalue weighted by atomic mass is 10.1. The molecule has 0 radical (unpaired) electrons. The molecule has 1 N–H and O–H groups in total. The Bertz CT molecular complexity index is 704. The van der Waals surface area contributed by atoms with Crippen LogP contribution in [0.15, 0.2) is 36.4 Å². The maximum Gasteiger partial charge on any atom is 0.231 e. The molecule has 1 heterocycles. The van der Waals surface area contributed by atoms with Gasteiger partial charge in [-0.15, -0.1) is 6.42 Å². The summed E-state index contributed by atoms with van der Waals surface area (Å²) in [5.41, 5.74) is 2.87. The Morgan fingerprint density at radius 1 is 1.29 bits per heavy atom. The average Bonchev–Trinajstić information content (AvgIpc) is 3.00. The van der Waals surface area contributed by atoms with Crippen LogP contribution in [0.5, 0.6) is 17.2 Å². The van der Waals surface area contributed by atoms with E-state index in [-0.39, 0.29) is 6.79 Å². The number of anilines is 1. The molecule has 0 bridgehead atoms. The Morgan fingerprint density at radius 2 is 2.19 bits per heavy atom. The van der Waals surface area contributed by atoms with Crippen molar-refractivity contribution in [1.29, 1.82) is 0 Å². The van der Waals surface area contributed by atoms with E-state index in [9.17, 15) is 0 Å². The molecule has 0 fully saturated rings. The van der Waals surface area contributed by atoms with Crippen LogP contribution in [0.25, 0.3) is 0 Å². The van der Waals surface area contributed by atoms with Crippen LogP contribution >= 0.6 is 0 Å². The Kier molecular flexibility index (Phi) is 3.57. The Hall–Kier alpha value is -2.80. The standard InChI is InChI=1S/C17H15NO3/c1-3-12-5-4-6-14(7-12)18-10-13-8-15(19-2)17-16(9-13)20-11-21-17/h1,4-9,18H,10-11H2,2H3. The van der Waals surface area contributed by atoms with Gasteiger partial charge < -0.3 is 19.5 Å². The number of hydrogen-bond donors (Lipinski definition) is 1. The largest absolute Gasteiger partial charge is 0.493 e. The highest BCUT2D eigenvalue weighted by atomic mass is 16.7. The molecule has 3 rings (SSSR count). The molecule has 0 atom stereocenters. The minimum atomic E-state index is 0.229. The number of hydrogen-bond acceptors (Lipinski definition) is 4. The molecule has 4 nitrogen and oxygen atoms in total. The first-order valence-corrected chi connectivity index (χ1v) is 6.57. The van der Waals surface area contributed by atoms with Gasteiger partial charge in [0.15, 0.2) is 11.5 Å². The van der Waals surface area contributed by atoms with Crippen molar-refractivity contribution in [2.24, 2.45) is 0 Å². The minimum absolute atomic E-state index is 0.229. The summed E-state index contributed by atoms with van der Waals surface area (Å²) in [6.07, 6.45) is 5.40. The predicted molar refractivity (Wildman–Crippen MR) is 80.8 cm³/mol. The van der Waals surface area contributed by atoms with Crippen LogP contribution in [0.3, 0.4) is 0 Å². The fourth-order valence-electron chi connectivity index (χ4n) is 2.21. The second kappa shape index (κ2) is 5.68. The van der Waals surface area contributed by atoms with Crippen molar-refractivity contribution >= 4 is 5.69 Å². The molecule has 1 aliphatic heterocycles. The van der Waals surface area contributed by atoms with Crippen LogP contribution in [0.2, 0.25) is 0 Å². The first kappa shape index (κ1) is 13.2. The highest BCUT2D eigenvalue weighted by Crippen LogP contribution is 2.41. The van der Waals surface area contributed by atoms with Gasteiger partial charge in [0.2, 0.25) is 12.5 Å². The van der Waals surface area contributed by atoms with E-state index >= 15 is 0 Å². The number of rotatable bonds is 4. The number of fused-ring (bicyclic) bond motifs is 1. The van der Waals surface area contributed by atoms with Crippen molar-refractivity contribution < 1.29 is 14.2 Å². The first-order valence-electron chi connectivity index (χ1n) is 6.57. The fraction of sp³-hybridized carbons (Fsp3) is 0.176. The van der Waals surface area contributed by atoms with E-state index in [1.54, 1.807) is 7.11 Å². The van der Waals surface area contributed by atoms with E-state index in [4.69, 9.17) is 20.6 Å². The SMILES string of the molecule is C#Cc1cccc(NCc2cc(OC)c3c(c2)OCO3)c1. The number of ether oxygens (including phenoxy) is 3. The number of nitrogens with one attached hydrogen (secondary N) is 1. The Balaban J connectivity index is 1.78. The van der Waals surface area contributed by atoms with Gasteiger partial charge in [-0.25, -0.2) is 0 Å². The lowest BCUT2D eigenvalue weighted by Gasteiger charge is -2.10. The van der Waals surface area contributed by atoms with E-state index in [1.807, 2.05) is 36.4 Å². The molecule has 2 aromatic rings. The van der Waals surface area contributed by atoms with Gasteiger partial charge in [0.25, 0.3) is 0 Å². The van der Waals surface area contributed by atoms with Crippen molar-refractivity contribution in [3.63, 3.8) is 0 Å². The molecule has 1 aliphatic rings. The summed E-state index contributed by atoms with van der Waals surface area (Å²) >= 11 is 0. The van der Waals surface area contributed by atoms with Gasteiger partial charge in [-0.05, 0) is 35.9 Å². The minimum Gasteiger partial charge on any atom is -0.493 e. The second-order valence-corrected chi connectivity index (χ2v) is 4.61.